The molecule has 84 valence electrons. The topological polar surface area (TPSA) is 115 Å². The molecule has 1 heterocycles. The summed E-state index contributed by atoms with van der Waals surface area (Å²) in [6, 6.07) is 8.58. The van der Waals surface area contributed by atoms with Crippen LogP contribution in [0.4, 0.5) is 5.95 Å². The van der Waals surface area contributed by atoms with Gasteiger partial charge in [0.1, 0.15) is 5.56 Å². The van der Waals surface area contributed by atoms with E-state index in [0.29, 0.717) is 5.56 Å². The molecule has 0 radical (unpaired) electrons. The number of aromatic nitrogens is 2. The van der Waals surface area contributed by atoms with Crippen LogP contribution in [0, 0.1) is 0 Å². The molecule has 0 aliphatic carbocycles. The van der Waals surface area contributed by atoms with Crippen LogP contribution >= 0.6 is 0 Å². The normalized spacial score (nSPS) is 9.65. The van der Waals surface area contributed by atoms with Crippen LogP contribution in [0.2, 0.25) is 0 Å². The number of hydrogen-bond donors (Lipinski definition) is 2. The summed E-state index contributed by atoms with van der Waals surface area (Å²) in [6.45, 7) is 0. The Morgan fingerprint density at radius 1 is 1.35 bits per heavy atom. The van der Waals surface area contributed by atoms with Crippen molar-refractivity contribution in [2.24, 2.45) is 5.11 Å². The molecule has 0 amide bonds. The molecule has 7 heteroatoms. The lowest BCUT2D eigenvalue weighted by Gasteiger charge is -2.02. The van der Waals surface area contributed by atoms with Gasteiger partial charge in [-0.3, -0.25) is 4.79 Å². The third-order valence-electron chi connectivity index (χ3n) is 2.09. The molecule has 0 unspecified atom stereocenters. The quantitative estimate of drug-likeness (QED) is 0.466. The van der Waals surface area contributed by atoms with Crippen molar-refractivity contribution in [3.8, 4) is 17.0 Å². The molecule has 2 aromatic rings. The summed E-state index contributed by atoms with van der Waals surface area (Å²) in [5.74, 6) is -0.739. The maximum Gasteiger partial charge on any atom is 0.262 e. The Balaban J connectivity index is 2.65. The second-order valence-electron chi connectivity index (χ2n) is 3.14. The fourth-order valence-electron chi connectivity index (χ4n) is 1.40. The minimum Gasteiger partial charge on any atom is -0.493 e. The van der Waals surface area contributed by atoms with Crippen molar-refractivity contribution in [1.29, 1.82) is 0 Å². The van der Waals surface area contributed by atoms with E-state index in [0.717, 1.165) is 0 Å². The van der Waals surface area contributed by atoms with E-state index in [1.807, 2.05) is 0 Å². The van der Waals surface area contributed by atoms with E-state index in [4.69, 9.17) is 5.53 Å². The number of azide groups is 1. The van der Waals surface area contributed by atoms with E-state index in [2.05, 4.69) is 20.0 Å². The maximum atomic E-state index is 11.7. The molecule has 0 fully saturated rings. The first kappa shape index (κ1) is 10.7. The van der Waals surface area contributed by atoms with Crippen molar-refractivity contribution in [3.05, 3.63) is 51.1 Å². The third kappa shape index (κ3) is 2.09. The summed E-state index contributed by atoms with van der Waals surface area (Å²) in [4.78, 5) is 20.0. The van der Waals surface area contributed by atoms with Crippen molar-refractivity contribution in [2.75, 3.05) is 0 Å². The van der Waals surface area contributed by atoms with Gasteiger partial charge in [-0.15, -0.1) is 0 Å². The lowest BCUT2D eigenvalue weighted by molar-refractivity contribution is 0.454. The van der Waals surface area contributed by atoms with E-state index >= 15 is 0 Å². The van der Waals surface area contributed by atoms with Crippen LogP contribution in [0.3, 0.4) is 0 Å². The van der Waals surface area contributed by atoms with Gasteiger partial charge in [-0.2, -0.15) is 4.98 Å². The Hall–Kier alpha value is -2.79. The molecular weight excluding hydrogens is 222 g/mol. The van der Waals surface area contributed by atoms with E-state index in [1.165, 1.54) is 0 Å². The number of aromatic amines is 1. The van der Waals surface area contributed by atoms with Crippen LogP contribution in [-0.4, -0.2) is 15.1 Å². The first-order valence-corrected chi connectivity index (χ1v) is 4.66. The summed E-state index contributed by atoms with van der Waals surface area (Å²) in [6.07, 6.45) is 0. The van der Waals surface area contributed by atoms with Gasteiger partial charge >= 0.3 is 0 Å². The molecular formula is C10H7N5O2. The van der Waals surface area contributed by atoms with Gasteiger partial charge in [0.05, 0.1) is 0 Å². The summed E-state index contributed by atoms with van der Waals surface area (Å²) >= 11 is 0. The van der Waals surface area contributed by atoms with Gasteiger partial charge in [-0.25, -0.2) is 0 Å². The van der Waals surface area contributed by atoms with Crippen LogP contribution in [0.5, 0.6) is 5.88 Å². The second-order valence-corrected chi connectivity index (χ2v) is 3.14. The minimum atomic E-state index is -0.564. The summed E-state index contributed by atoms with van der Waals surface area (Å²) < 4.78 is 0. The van der Waals surface area contributed by atoms with Gasteiger partial charge in [0.25, 0.3) is 5.56 Å². The first-order valence-electron chi connectivity index (χ1n) is 4.66. The van der Waals surface area contributed by atoms with E-state index in [-0.39, 0.29) is 11.5 Å². The molecule has 0 bridgehead atoms. The van der Waals surface area contributed by atoms with Gasteiger partial charge in [0.15, 0.2) is 0 Å². The highest BCUT2D eigenvalue weighted by Crippen LogP contribution is 2.23. The Morgan fingerprint density at radius 3 is 2.65 bits per heavy atom. The standard InChI is InChI=1S/C10H7N5O2/c11-15-14-10-12-8(16)7(9(17)13-10)6-4-2-1-3-5-6/h1-5H,(H2,12,13,16,17). The Kier molecular flexibility index (Phi) is 2.76. The van der Waals surface area contributed by atoms with Crippen LogP contribution < -0.4 is 5.56 Å². The highest BCUT2D eigenvalue weighted by Gasteiger charge is 2.11. The number of rotatable bonds is 2. The first-order chi connectivity index (χ1) is 8.22. The molecule has 0 saturated heterocycles. The molecule has 2 rings (SSSR count). The lowest BCUT2D eigenvalue weighted by Crippen LogP contribution is -2.09. The van der Waals surface area contributed by atoms with Gasteiger partial charge in [-0.05, 0) is 16.2 Å². The average Bonchev–Trinajstić information content (AvgIpc) is 2.30. The predicted octanol–water partition coefficient (Wildman–Crippen LogP) is 2.08. The molecule has 0 aliphatic rings. The Labute approximate surface area is 95.0 Å². The minimum absolute atomic E-state index is 0.0440. The van der Waals surface area contributed by atoms with E-state index in [1.54, 1.807) is 30.3 Å². The molecule has 7 nitrogen and oxygen atoms in total. The third-order valence-corrected chi connectivity index (χ3v) is 2.09. The second kappa shape index (κ2) is 4.38. The molecule has 0 saturated carbocycles. The highest BCUT2D eigenvalue weighted by atomic mass is 16.3. The van der Waals surface area contributed by atoms with Crippen molar-refractivity contribution in [2.45, 2.75) is 0 Å². The van der Waals surface area contributed by atoms with Crippen LogP contribution in [-0.2, 0) is 0 Å². The molecule has 0 aliphatic heterocycles. The number of hydrogen-bond acceptors (Lipinski definition) is 4. The largest absolute Gasteiger partial charge is 0.493 e. The van der Waals surface area contributed by atoms with E-state index < -0.39 is 11.4 Å². The average molecular weight is 229 g/mol. The summed E-state index contributed by atoms with van der Waals surface area (Å²) in [7, 11) is 0. The van der Waals surface area contributed by atoms with Crippen LogP contribution in [0.25, 0.3) is 21.6 Å². The highest BCUT2D eigenvalue weighted by molar-refractivity contribution is 5.67. The number of H-pyrrole nitrogens is 1. The zero-order chi connectivity index (χ0) is 12.3. The Morgan fingerprint density at radius 2 is 2.06 bits per heavy atom. The Bertz CT molecular complexity index is 643. The molecule has 0 atom stereocenters. The maximum absolute atomic E-state index is 11.7. The molecule has 1 aromatic carbocycles. The number of nitrogens with zero attached hydrogens (tertiary/aromatic N) is 4. The number of nitrogens with one attached hydrogen (secondary N) is 1. The SMILES string of the molecule is [N-]=[N+]=Nc1nc(O)c(-c2ccccc2)c(=O)[nH]1. The van der Waals surface area contributed by atoms with Gasteiger partial charge in [0, 0.05) is 4.91 Å². The van der Waals surface area contributed by atoms with Crippen molar-refractivity contribution in [1.82, 2.24) is 9.97 Å². The lowest BCUT2D eigenvalue weighted by atomic mass is 10.1. The smallest absolute Gasteiger partial charge is 0.262 e. The van der Waals surface area contributed by atoms with Gasteiger partial charge in [-0.1, -0.05) is 30.3 Å². The van der Waals surface area contributed by atoms with Crippen LogP contribution in [0.15, 0.2) is 40.2 Å². The molecule has 2 N–H and O–H groups in total. The number of aromatic hydroxyl groups is 1. The van der Waals surface area contributed by atoms with E-state index in [9.17, 15) is 9.90 Å². The fourth-order valence-corrected chi connectivity index (χ4v) is 1.40. The summed E-state index contributed by atoms with van der Waals surface area (Å²) in [5, 5.41) is 12.8. The zero-order valence-corrected chi connectivity index (χ0v) is 8.53. The van der Waals surface area contributed by atoms with Crippen molar-refractivity contribution < 1.29 is 5.11 Å². The predicted molar refractivity (Wildman–Crippen MR) is 60.8 cm³/mol. The van der Waals surface area contributed by atoms with Gasteiger partial charge < -0.3 is 10.1 Å². The fraction of sp³-hybridized carbons (Fsp3) is 0. The molecule has 17 heavy (non-hydrogen) atoms. The number of benzene rings is 1. The molecule has 0 spiro atoms. The van der Waals surface area contributed by atoms with Crippen molar-refractivity contribution >= 4 is 5.95 Å². The van der Waals surface area contributed by atoms with Crippen LogP contribution in [0.1, 0.15) is 0 Å². The van der Waals surface area contributed by atoms with Gasteiger partial charge in [0.2, 0.25) is 11.8 Å². The monoisotopic (exact) mass is 229 g/mol. The zero-order valence-electron chi connectivity index (χ0n) is 8.53. The molecule has 1 aromatic heterocycles. The summed E-state index contributed by atoms with van der Waals surface area (Å²) in [5.41, 5.74) is 8.22. The van der Waals surface area contributed by atoms with Crippen molar-refractivity contribution in [3.63, 3.8) is 0 Å².